The highest BCUT2D eigenvalue weighted by molar-refractivity contribution is 5.93. The number of rotatable bonds is 2. The van der Waals surface area contributed by atoms with Crippen molar-refractivity contribution in [3.63, 3.8) is 0 Å². The number of carbonyl (C=O) groups is 1. The molecule has 1 aromatic heterocycles. The van der Waals surface area contributed by atoms with E-state index in [1.165, 1.54) is 31.5 Å². The van der Waals surface area contributed by atoms with E-state index < -0.39 is 0 Å². The van der Waals surface area contributed by atoms with E-state index in [9.17, 15) is 4.79 Å². The van der Waals surface area contributed by atoms with Gasteiger partial charge in [0.15, 0.2) is 0 Å². The summed E-state index contributed by atoms with van der Waals surface area (Å²) in [5.74, 6) is 2.15. The molecule has 3 atom stereocenters. The van der Waals surface area contributed by atoms with Crippen LogP contribution in [-0.2, 0) is 13.1 Å². The van der Waals surface area contributed by atoms with Crippen molar-refractivity contribution in [3.05, 3.63) is 53.6 Å². The summed E-state index contributed by atoms with van der Waals surface area (Å²) in [4.78, 5) is 23.1. The van der Waals surface area contributed by atoms with Gasteiger partial charge in [-0.05, 0) is 37.4 Å². The molecular weight excluding hydrogens is 421 g/mol. The molecule has 162 valence electrons. The van der Waals surface area contributed by atoms with Gasteiger partial charge in [-0.3, -0.25) is 9.69 Å². The Kier molecular flexibility index (Phi) is 6.13. The van der Waals surface area contributed by atoms with Crippen molar-refractivity contribution in [3.8, 4) is 0 Å². The number of aromatic nitrogens is 2. The fourth-order valence-electron chi connectivity index (χ4n) is 6.09. The maximum Gasteiger partial charge on any atom is 0.274 e. The Balaban J connectivity index is 0.00000109. The van der Waals surface area contributed by atoms with Crippen LogP contribution in [0.25, 0.3) is 0 Å². The van der Waals surface area contributed by atoms with Crippen LogP contribution in [0.15, 0.2) is 36.5 Å². The van der Waals surface area contributed by atoms with Gasteiger partial charge in [0.2, 0.25) is 0 Å². The van der Waals surface area contributed by atoms with Crippen LogP contribution in [0.4, 0.5) is 0 Å². The summed E-state index contributed by atoms with van der Waals surface area (Å²) in [6.45, 7) is 5.76. The Labute approximate surface area is 189 Å². The Hall–Kier alpha value is -1.60. The normalized spacial score (nSPS) is 31.3. The van der Waals surface area contributed by atoms with E-state index in [-0.39, 0.29) is 30.7 Å². The predicted molar refractivity (Wildman–Crippen MR) is 121 cm³/mol. The lowest BCUT2D eigenvalue weighted by atomic mass is 9.75. The summed E-state index contributed by atoms with van der Waals surface area (Å²) in [5.41, 5.74) is 2.00. The molecular formula is C22H29Cl2N5O. The molecule has 30 heavy (non-hydrogen) atoms. The first kappa shape index (κ1) is 21.6. The number of carbonyl (C=O) groups excluding carboxylic acids is 1. The predicted octanol–water partition coefficient (Wildman–Crippen LogP) is 2.53. The number of hydrogen-bond donors (Lipinski definition) is 1. The molecule has 0 unspecified atom stereocenters. The highest BCUT2D eigenvalue weighted by Crippen LogP contribution is 2.46. The Morgan fingerprint density at radius 3 is 2.53 bits per heavy atom. The van der Waals surface area contributed by atoms with Crippen LogP contribution >= 0.6 is 24.8 Å². The van der Waals surface area contributed by atoms with Gasteiger partial charge in [0.1, 0.15) is 11.5 Å². The van der Waals surface area contributed by atoms with Crippen molar-refractivity contribution in [1.29, 1.82) is 0 Å². The van der Waals surface area contributed by atoms with Crippen LogP contribution in [0.5, 0.6) is 0 Å². The van der Waals surface area contributed by atoms with Crippen LogP contribution in [0.3, 0.4) is 0 Å². The minimum Gasteiger partial charge on any atom is -0.332 e. The van der Waals surface area contributed by atoms with E-state index in [0.717, 1.165) is 32.0 Å². The number of nitrogens with one attached hydrogen (secondary N) is 1. The number of amides is 1. The van der Waals surface area contributed by atoms with Crippen molar-refractivity contribution < 1.29 is 4.79 Å². The topological polar surface area (TPSA) is 53.4 Å². The third-order valence-corrected chi connectivity index (χ3v) is 7.37. The number of fused-ring (bicyclic) bond motifs is 3. The summed E-state index contributed by atoms with van der Waals surface area (Å²) in [7, 11) is 0. The number of piperidine rings is 3. The van der Waals surface area contributed by atoms with E-state index in [1.807, 2.05) is 6.20 Å². The first-order valence-electron chi connectivity index (χ1n) is 10.7. The molecule has 4 saturated heterocycles. The van der Waals surface area contributed by atoms with Crippen molar-refractivity contribution in [2.45, 2.75) is 43.9 Å². The second-order valence-electron chi connectivity index (χ2n) is 8.74. The lowest BCUT2D eigenvalue weighted by Gasteiger charge is -2.51. The maximum atomic E-state index is 13.6. The van der Waals surface area contributed by atoms with Gasteiger partial charge in [0, 0.05) is 37.8 Å². The molecule has 0 saturated carbocycles. The highest BCUT2D eigenvalue weighted by atomic mass is 35.5. The molecule has 1 N–H and O–H groups in total. The fourth-order valence-corrected chi connectivity index (χ4v) is 6.09. The lowest BCUT2D eigenvalue weighted by molar-refractivity contribution is -0.00357. The van der Waals surface area contributed by atoms with E-state index in [2.05, 4.69) is 55.0 Å². The Bertz CT molecular complexity index is 873. The third-order valence-electron chi connectivity index (χ3n) is 7.37. The number of hydrogen-bond acceptors (Lipinski definition) is 4. The van der Waals surface area contributed by atoms with Crippen molar-refractivity contribution in [2.24, 2.45) is 5.92 Å². The van der Waals surface area contributed by atoms with Crippen molar-refractivity contribution in [2.75, 3.05) is 26.2 Å². The molecule has 7 rings (SSSR count). The van der Waals surface area contributed by atoms with E-state index in [1.54, 1.807) is 0 Å². The number of benzene rings is 1. The summed E-state index contributed by atoms with van der Waals surface area (Å²) in [5, 5.41) is 3.34. The van der Waals surface area contributed by atoms with Gasteiger partial charge < -0.3 is 14.8 Å². The van der Waals surface area contributed by atoms with Crippen LogP contribution in [0.2, 0.25) is 0 Å². The van der Waals surface area contributed by atoms with Crippen LogP contribution in [-0.4, -0.2) is 63.5 Å². The molecule has 5 aliphatic rings. The molecule has 2 aromatic rings. The minimum absolute atomic E-state index is 0. The van der Waals surface area contributed by atoms with Crippen molar-refractivity contribution >= 4 is 30.7 Å². The highest BCUT2D eigenvalue weighted by Gasteiger charge is 2.54. The maximum absolute atomic E-state index is 13.6. The van der Waals surface area contributed by atoms with E-state index >= 15 is 0 Å². The zero-order chi connectivity index (χ0) is 18.7. The van der Waals surface area contributed by atoms with Crippen LogP contribution in [0, 0.1) is 5.92 Å². The Morgan fingerprint density at radius 2 is 1.80 bits per heavy atom. The van der Waals surface area contributed by atoms with Crippen LogP contribution < -0.4 is 5.32 Å². The van der Waals surface area contributed by atoms with Gasteiger partial charge in [0.05, 0.1) is 12.6 Å². The first-order valence-corrected chi connectivity index (χ1v) is 10.7. The molecule has 1 amide bonds. The van der Waals surface area contributed by atoms with E-state index in [0.29, 0.717) is 29.6 Å². The molecule has 2 bridgehead atoms. The number of halogens is 2. The second-order valence-corrected chi connectivity index (χ2v) is 8.74. The third kappa shape index (κ3) is 3.34. The average molecular weight is 450 g/mol. The zero-order valence-electron chi connectivity index (χ0n) is 16.9. The first-order chi connectivity index (χ1) is 13.8. The molecule has 6 heterocycles. The second kappa shape index (κ2) is 8.50. The van der Waals surface area contributed by atoms with Gasteiger partial charge in [-0.1, -0.05) is 30.3 Å². The quantitative estimate of drug-likeness (QED) is 0.764. The molecule has 6 nitrogen and oxygen atoms in total. The minimum atomic E-state index is 0. The van der Waals surface area contributed by atoms with Gasteiger partial charge >= 0.3 is 0 Å². The van der Waals surface area contributed by atoms with Gasteiger partial charge in [-0.25, -0.2) is 4.98 Å². The monoisotopic (exact) mass is 449 g/mol. The molecule has 1 aromatic carbocycles. The number of imidazole rings is 1. The molecule has 0 radical (unpaired) electrons. The van der Waals surface area contributed by atoms with Gasteiger partial charge in [-0.15, -0.1) is 24.8 Å². The lowest BCUT2D eigenvalue weighted by Crippen LogP contribution is -2.60. The van der Waals surface area contributed by atoms with Crippen LogP contribution in [0.1, 0.15) is 40.6 Å². The summed E-state index contributed by atoms with van der Waals surface area (Å²) >= 11 is 0. The summed E-state index contributed by atoms with van der Waals surface area (Å²) in [6, 6.07) is 11.6. The Morgan fingerprint density at radius 1 is 1.03 bits per heavy atom. The van der Waals surface area contributed by atoms with Crippen molar-refractivity contribution in [1.82, 2.24) is 24.7 Å². The SMILES string of the molecule is Cl.Cl.O=C(c1cn2c(n1)CNCC2)N1C[C@H](c2ccccc2)[C@@H]2[C@H]1C1CCN2CC1. The molecule has 5 aliphatic heterocycles. The standard InChI is InChI=1S/C22H27N5O.2ClH/c28-22(18-14-26-11-8-23-12-19(26)24-18)27-13-17(15-4-2-1-3-5-15)21-20(27)16-6-9-25(21)10-7-16;;/h1-5,14,16-17,20-21,23H,6-13H2;2*1H/t17-,20-,21-;;/m1../s1. The number of nitrogens with zero attached hydrogens (tertiary/aromatic N) is 4. The number of likely N-dealkylation sites (tertiary alicyclic amines) is 1. The smallest absolute Gasteiger partial charge is 0.274 e. The molecule has 8 heteroatoms. The van der Waals surface area contributed by atoms with E-state index in [4.69, 9.17) is 0 Å². The largest absolute Gasteiger partial charge is 0.332 e. The fraction of sp³-hybridized carbons (Fsp3) is 0.545. The average Bonchev–Trinajstić information content (AvgIpc) is 3.38. The van der Waals surface area contributed by atoms with Gasteiger partial charge in [-0.2, -0.15) is 0 Å². The molecule has 4 fully saturated rings. The molecule has 0 spiro atoms. The van der Waals surface area contributed by atoms with Gasteiger partial charge in [0.25, 0.3) is 5.91 Å². The summed E-state index contributed by atoms with van der Waals surface area (Å²) in [6.07, 6.45) is 4.41. The summed E-state index contributed by atoms with van der Waals surface area (Å²) < 4.78 is 2.14. The zero-order valence-corrected chi connectivity index (χ0v) is 18.6. The molecule has 0 aliphatic carbocycles.